The average Bonchev–Trinajstić information content (AvgIpc) is 3.05. The van der Waals surface area contributed by atoms with Crippen LogP contribution in [-0.2, 0) is 4.79 Å². The van der Waals surface area contributed by atoms with E-state index in [-0.39, 0.29) is 5.91 Å². The molecule has 2 heterocycles. The highest BCUT2D eigenvalue weighted by Crippen LogP contribution is 2.31. The third-order valence-corrected chi connectivity index (χ3v) is 4.90. The molecule has 2 aromatic heterocycles. The van der Waals surface area contributed by atoms with Gasteiger partial charge in [0.15, 0.2) is 5.65 Å². The maximum atomic E-state index is 11.7. The number of aromatic nitrogens is 3. The van der Waals surface area contributed by atoms with Gasteiger partial charge in [0.25, 0.3) is 0 Å². The zero-order valence-corrected chi connectivity index (χ0v) is 16.0. The molecule has 26 heavy (non-hydrogen) atoms. The van der Waals surface area contributed by atoms with Crippen molar-refractivity contribution in [3.63, 3.8) is 0 Å². The van der Waals surface area contributed by atoms with Gasteiger partial charge in [-0.1, -0.05) is 43.8 Å². The molecular weight excluding hydrogens is 344 g/mol. The van der Waals surface area contributed by atoms with Crippen molar-refractivity contribution in [1.29, 1.82) is 0 Å². The second kappa shape index (κ2) is 8.19. The molecule has 0 saturated heterocycles. The van der Waals surface area contributed by atoms with E-state index in [1.807, 2.05) is 47.7 Å². The lowest BCUT2D eigenvalue weighted by Gasteiger charge is -2.08. The Kier molecular flexibility index (Phi) is 5.73. The molecule has 0 spiro atoms. The smallest absolute Gasteiger partial charge is 0.243 e. The summed E-state index contributed by atoms with van der Waals surface area (Å²) in [5, 5.41) is 11.3. The highest BCUT2D eigenvalue weighted by molar-refractivity contribution is 7.99. The van der Waals surface area contributed by atoms with Crippen molar-refractivity contribution in [1.82, 2.24) is 19.9 Å². The van der Waals surface area contributed by atoms with Crippen LogP contribution in [0.4, 0.5) is 0 Å². The Morgan fingerprint density at radius 2 is 2.04 bits per heavy atom. The van der Waals surface area contributed by atoms with E-state index in [0.29, 0.717) is 12.5 Å². The fourth-order valence-electron chi connectivity index (χ4n) is 2.58. The van der Waals surface area contributed by atoms with Gasteiger partial charge >= 0.3 is 0 Å². The van der Waals surface area contributed by atoms with E-state index in [0.717, 1.165) is 26.8 Å². The maximum Gasteiger partial charge on any atom is 0.243 e. The molecule has 0 atom stereocenters. The molecule has 0 aliphatic heterocycles. The summed E-state index contributed by atoms with van der Waals surface area (Å²) < 4.78 is 2.04. The molecule has 1 amide bonds. The molecule has 0 aliphatic carbocycles. The molecule has 0 fully saturated rings. The molecule has 0 radical (unpaired) electrons. The number of carbonyl (C=O) groups is 1. The lowest BCUT2D eigenvalue weighted by Crippen LogP contribution is -2.19. The Hall–Kier alpha value is -2.60. The fourth-order valence-corrected chi connectivity index (χ4v) is 3.53. The molecule has 0 unspecified atom stereocenters. The number of hydrogen-bond donors (Lipinski definition) is 1. The van der Waals surface area contributed by atoms with Crippen LogP contribution in [0.15, 0.2) is 58.5 Å². The summed E-state index contributed by atoms with van der Waals surface area (Å²) in [4.78, 5) is 13.9. The number of benzene rings is 1. The number of amides is 1. The minimum Gasteiger partial charge on any atom is -0.353 e. The van der Waals surface area contributed by atoms with Crippen LogP contribution in [0.2, 0.25) is 0 Å². The van der Waals surface area contributed by atoms with Crippen LogP contribution in [0.3, 0.4) is 0 Å². The molecule has 6 heteroatoms. The largest absolute Gasteiger partial charge is 0.353 e. The first kappa shape index (κ1) is 18.2. The number of nitrogens with zero attached hydrogens (tertiary/aromatic N) is 3. The van der Waals surface area contributed by atoms with Gasteiger partial charge in [-0.15, -0.1) is 10.2 Å². The van der Waals surface area contributed by atoms with Gasteiger partial charge in [0.1, 0.15) is 5.82 Å². The minimum absolute atomic E-state index is 0.0835. The SMILES string of the molecule is CCNC(=O)/C=C/c1ccccc1Sc1ccc2nnc(C(C)C)n2c1. The summed E-state index contributed by atoms with van der Waals surface area (Å²) >= 11 is 1.66. The van der Waals surface area contributed by atoms with Crippen LogP contribution in [0, 0.1) is 0 Å². The van der Waals surface area contributed by atoms with Crippen molar-refractivity contribution < 1.29 is 4.79 Å². The molecule has 0 saturated carbocycles. The topological polar surface area (TPSA) is 59.3 Å². The first-order chi connectivity index (χ1) is 12.6. The summed E-state index contributed by atoms with van der Waals surface area (Å²) in [6, 6.07) is 12.1. The van der Waals surface area contributed by atoms with Gasteiger partial charge in [-0.2, -0.15) is 0 Å². The quantitative estimate of drug-likeness (QED) is 0.666. The van der Waals surface area contributed by atoms with Crippen LogP contribution in [0.1, 0.15) is 38.1 Å². The Morgan fingerprint density at radius 3 is 2.81 bits per heavy atom. The molecule has 1 N–H and O–H groups in total. The van der Waals surface area contributed by atoms with Crippen molar-refractivity contribution in [3.05, 3.63) is 60.1 Å². The van der Waals surface area contributed by atoms with Gasteiger partial charge in [0.05, 0.1) is 0 Å². The lowest BCUT2D eigenvalue weighted by molar-refractivity contribution is -0.116. The molecular formula is C20H22N4OS. The van der Waals surface area contributed by atoms with E-state index in [2.05, 4.69) is 41.6 Å². The van der Waals surface area contributed by atoms with Gasteiger partial charge in [-0.3, -0.25) is 9.20 Å². The highest BCUT2D eigenvalue weighted by Gasteiger charge is 2.10. The van der Waals surface area contributed by atoms with Gasteiger partial charge in [0, 0.05) is 34.5 Å². The second-order valence-electron chi connectivity index (χ2n) is 6.17. The van der Waals surface area contributed by atoms with Crippen LogP contribution in [-0.4, -0.2) is 27.0 Å². The van der Waals surface area contributed by atoms with E-state index in [1.54, 1.807) is 17.8 Å². The predicted octanol–water partition coefficient (Wildman–Crippen LogP) is 4.15. The fraction of sp³-hybridized carbons (Fsp3) is 0.250. The summed E-state index contributed by atoms with van der Waals surface area (Å²) in [5.74, 6) is 1.17. The molecule has 0 bridgehead atoms. The summed E-state index contributed by atoms with van der Waals surface area (Å²) in [7, 11) is 0. The third-order valence-electron chi connectivity index (χ3n) is 3.83. The highest BCUT2D eigenvalue weighted by atomic mass is 32.2. The average molecular weight is 366 g/mol. The number of fused-ring (bicyclic) bond motifs is 1. The number of pyridine rings is 1. The van der Waals surface area contributed by atoms with Gasteiger partial charge in [-0.05, 0) is 36.8 Å². The van der Waals surface area contributed by atoms with E-state index in [4.69, 9.17) is 0 Å². The first-order valence-electron chi connectivity index (χ1n) is 8.66. The molecule has 1 aromatic carbocycles. The molecule has 3 rings (SSSR count). The lowest BCUT2D eigenvalue weighted by atomic mass is 10.2. The summed E-state index contributed by atoms with van der Waals surface area (Å²) in [6.07, 6.45) is 5.49. The number of carbonyl (C=O) groups excluding carboxylic acids is 1. The van der Waals surface area contributed by atoms with Crippen LogP contribution in [0.5, 0.6) is 0 Å². The maximum absolute atomic E-state index is 11.7. The van der Waals surface area contributed by atoms with Crippen molar-refractivity contribution in [2.24, 2.45) is 0 Å². The Bertz CT molecular complexity index is 946. The monoisotopic (exact) mass is 366 g/mol. The zero-order chi connectivity index (χ0) is 18.5. The molecule has 134 valence electrons. The van der Waals surface area contributed by atoms with E-state index in [1.165, 1.54) is 0 Å². The summed E-state index contributed by atoms with van der Waals surface area (Å²) in [5.41, 5.74) is 1.86. The predicted molar refractivity (Wildman–Crippen MR) is 105 cm³/mol. The van der Waals surface area contributed by atoms with Crippen molar-refractivity contribution in [3.8, 4) is 0 Å². The second-order valence-corrected chi connectivity index (χ2v) is 7.29. The van der Waals surface area contributed by atoms with E-state index in [9.17, 15) is 4.79 Å². The number of rotatable bonds is 6. The number of likely N-dealkylation sites (N-methyl/N-ethyl adjacent to an activating group) is 1. The van der Waals surface area contributed by atoms with Gasteiger partial charge < -0.3 is 5.32 Å². The zero-order valence-electron chi connectivity index (χ0n) is 15.1. The Labute approximate surface area is 157 Å². The third kappa shape index (κ3) is 4.14. The molecule has 0 aliphatic rings. The standard InChI is InChI=1S/C20H22N4OS/c1-4-21-19(25)12-9-15-7-5-6-8-17(15)26-16-10-11-18-22-23-20(14(2)3)24(18)13-16/h5-14H,4H2,1-3H3,(H,21,25)/b12-9+. The number of nitrogens with one attached hydrogen (secondary N) is 1. The normalized spacial score (nSPS) is 11.5. The van der Waals surface area contributed by atoms with E-state index < -0.39 is 0 Å². The van der Waals surface area contributed by atoms with Crippen molar-refractivity contribution >= 4 is 29.4 Å². The Morgan fingerprint density at radius 1 is 1.23 bits per heavy atom. The number of hydrogen-bond acceptors (Lipinski definition) is 4. The first-order valence-corrected chi connectivity index (χ1v) is 9.47. The van der Waals surface area contributed by atoms with Crippen molar-refractivity contribution in [2.75, 3.05) is 6.54 Å². The minimum atomic E-state index is -0.0835. The Balaban J connectivity index is 1.88. The molecule has 3 aromatic rings. The van der Waals surface area contributed by atoms with Crippen LogP contribution in [0.25, 0.3) is 11.7 Å². The molecule has 5 nitrogen and oxygen atoms in total. The van der Waals surface area contributed by atoms with Crippen LogP contribution >= 0.6 is 11.8 Å². The van der Waals surface area contributed by atoms with Gasteiger partial charge in [0.2, 0.25) is 5.91 Å². The van der Waals surface area contributed by atoms with Crippen LogP contribution < -0.4 is 5.32 Å². The van der Waals surface area contributed by atoms with E-state index >= 15 is 0 Å². The summed E-state index contributed by atoms with van der Waals surface area (Å²) in [6.45, 7) is 6.74. The van der Waals surface area contributed by atoms with Gasteiger partial charge in [-0.25, -0.2) is 0 Å². The van der Waals surface area contributed by atoms with Crippen molar-refractivity contribution in [2.45, 2.75) is 36.5 Å².